The second-order valence-corrected chi connectivity index (χ2v) is 10.0. The first-order valence-corrected chi connectivity index (χ1v) is 12.2. The van der Waals surface area contributed by atoms with Gasteiger partial charge in [0.2, 0.25) is 0 Å². The van der Waals surface area contributed by atoms with E-state index in [9.17, 15) is 0 Å². The highest BCUT2D eigenvalue weighted by Crippen LogP contribution is 2.43. The Morgan fingerprint density at radius 3 is 1.79 bits per heavy atom. The summed E-state index contributed by atoms with van der Waals surface area (Å²) < 4.78 is 2.73. The number of fused-ring (bicyclic) bond motifs is 4. The summed E-state index contributed by atoms with van der Waals surface area (Å²) in [4.78, 5) is 0. The van der Waals surface area contributed by atoms with Gasteiger partial charge in [0.15, 0.2) is 0 Å². The Labute approximate surface area is 194 Å². The molecule has 152 valence electrons. The van der Waals surface area contributed by atoms with Crippen LogP contribution < -0.4 is 0 Å². The lowest BCUT2D eigenvalue weighted by Crippen LogP contribution is -1.86. The number of rotatable bonds is 1. The molecule has 0 saturated carbocycles. The molecule has 0 radical (unpaired) electrons. The zero-order valence-corrected chi connectivity index (χ0v) is 18.6. The molecule has 0 fully saturated rings. The van der Waals surface area contributed by atoms with E-state index in [0.717, 1.165) is 0 Å². The summed E-state index contributed by atoms with van der Waals surface area (Å²) in [6.07, 6.45) is 0. The van der Waals surface area contributed by atoms with Crippen molar-refractivity contribution in [1.82, 2.24) is 0 Å². The van der Waals surface area contributed by atoms with Crippen LogP contribution in [-0.4, -0.2) is 0 Å². The second-order valence-electron chi connectivity index (χ2n) is 8.99. The molecule has 0 aliphatic heterocycles. The SMILES string of the molecule is c1ccc2cc3c(cc2c1)sc1c(-c2cc4ccc5cccc6ccc(c2)c4c56)cccc13. The third-order valence-electron chi connectivity index (χ3n) is 7.14. The molecule has 1 aromatic heterocycles. The summed E-state index contributed by atoms with van der Waals surface area (Å²) in [5.74, 6) is 0. The van der Waals surface area contributed by atoms with Crippen LogP contribution in [-0.2, 0) is 0 Å². The molecule has 33 heavy (non-hydrogen) atoms. The highest BCUT2D eigenvalue weighted by atomic mass is 32.1. The smallest absolute Gasteiger partial charge is 0.0433 e. The van der Waals surface area contributed by atoms with Gasteiger partial charge in [-0.15, -0.1) is 11.3 Å². The van der Waals surface area contributed by atoms with Crippen molar-refractivity contribution in [2.75, 3.05) is 0 Å². The van der Waals surface area contributed by atoms with E-state index < -0.39 is 0 Å². The molecular weight excluding hydrogens is 416 g/mol. The van der Waals surface area contributed by atoms with Gasteiger partial charge in [-0.25, -0.2) is 0 Å². The predicted octanol–water partition coefficient (Wildman–Crippen LogP) is 9.77. The molecule has 0 saturated heterocycles. The summed E-state index contributed by atoms with van der Waals surface area (Å²) in [5, 5.41) is 13.3. The van der Waals surface area contributed by atoms with Gasteiger partial charge < -0.3 is 0 Å². The Morgan fingerprint density at radius 1 is 0.424 bits per heavy atom. The molecule has 0 bridgehead atoms. The fourth-order valence-corrected chi connectivity index (χ4v) is 6.89. The third-order valence-corrected chi connectivity index (χ3v) is 8.34. The van der Waals surface area contributed by atoms with Crippen LogP contribution in [0.15, 0.2) is 109 Å². The first-order valence-electron chi connectivity index (χ1n) is 11.4. The maximum atomic E-state index is 2.38. The van der Waals surface area contributed by atoms with Gasteiger partial charge in [0.25, 0.3) is 0 Å². The zero-order chi connectivity index (χ0) is 21.5. The average Bonchev–Trinajstić information content (AvgIpc) is 3.23. The van der Waals surface area contributed by atoms with Crippen molar-refractivity contribution in [3.8, 4) is 11.1 Å². The van der Waals surface area contributed by atoms with Crippen LogP contribution >= 0.6 is 11.3 Å². The highest BCUT2D eigenvalue weighted by Gasteiger charge is 2.14. The van der Waals surface area contributed by atoms with Gasteiger partial charge in [-0.1, -0.05) is 84.9 Å². The Bertz CT molecular complexity index is 1960. The molecule has 0 aliphatic rings. The lowest BCUT2D eigenvalue weighted by atomic mass is 9.91. The maximum absolute atomic E-state index is 2.38. The minimum Gasteiger partial charge on any atom is -0.135 e. The van der Waals surface area contributed by atoms with Crippen molar-refractivity contribution >= 4 is 74.6 Å². The number of hydrogen-bond donors (Lipinski definition) is 0. The largest absolute Gasteiger partial charge is 0.135 e. The van der Waals surface area contributed by atoms with Crippen molar-refractivity contribution < 1.29 is 0 Å². The molecule has 1 heteroatoms. The topological polar surface area (TPSA) is 0 Å². The van der Waals surface area contributed by atoms with Gasteiger partial charge in [-0.2, -0.15) is 0 Å². The highest BCUT2D eigenvalue weighted by molar-refractivity contribution is 7.26. The Hall–Kier alpha value is -3.94. The van der Waals surface area contributed by atoms with Crippen LogP contribution in [0.3, 0.4) is 0 Å². The van der Waals surface area contributed by atoms with Crippen LogP contribution in [0.2, 0.25) is 0 Å². The number of hydrogen-bond acceptors (Lipinski definition) is 1. The van der Waals surface area contributed by atoms with E-state index in [1.807, 2.05) is 11.3 Å². The molecule has 7 aromatic carbocycles. The minimum atomic E-state index is 1.29. The van der Waals surface area contributed by atoms with E-state index in [2.05, 4.69) is 109 Å². The maximum Gasteiger partial charge on any atom is 0.0433 e. The van der Waals surface area contributed by atoms with Crippen molar-refractivity contribution in [2.24, 2.45) is 0 Å². The quantitative estimate of drug-likeness (QED) is 0.226. The molecule has 0 unspecified atom stereocenters. The summed E-state index contributed by atoms with van der Waals surface area (Å²) in [7, 11) is 0. The van der Waals surface area contributed by atoms with E-state index in [-0.39, 0.29) is 0 Å². The summed E-state index contributed by atoms with van der Waals surface area (Å²) >= 11 is 1.91. The average molecular weight is 435 g/mol. The van der Waals surface area contributed by atoms with E-state index >= 15 is 0 Å². The van der Waals surface area contributed by atoms with E-state index in [1.165, 1.54) is 74.4 Å². The van der Waals surface area contributed by atoms with E-state index in [1.54, 1.807) is 0 Å². The van der Waals surface area contributed by atoms with Gasteiger partial charge >= 0.3 is 0 Å². The van der Waals surface area contributed by atoms with Crippen LogP contribution in [0.25, 0.3) is 74.4 Å². The van der Waals surface area contributed by atoms with Gasteiger partial charge in [0, 0.05) is 20.2 Å². The Morgan fingerprint density at radius 2 is 1.03 bits per heavy atom. The molecule has 8 rings (SSSR count). The lowest BCUT2D eigenvalue weighted by molar-refractivity contribution is 1.73. The molecule has 8 aromatic rings. The zero-order valence-electron chi connectivity index (χ0n) is 17.8. The molecule has 1 heterocycles. The molecule has 0 aliphatic carbocycles. The monoisotopic (exact) mass is 434 g/mol. The van der Waals surface area contributed by atoms with Crippen molar-refractivity contribution in [1.29, 1.82) is 0 Å². The predicted molar refractivity (Wildman–Crippen MR) is 146 cm³/mol. The van der Waals surface area contributed by atoms with Gasteiger partial charge in [-0.3, -0.25) is 0 Å². The number of thiophene rings is 1. The molecule has 0 amide bonds. The van der Waals surface area contributed by atoms with Crippen LogP contribution in [0.4, 0.5) is 0 Å². The lowest BCUT2D eigenvalue weighted by Gasteiger charge is -2.13. The first-order chi connectivity index (χ1) is 16.3. The number of benzene rings is 7. The van der Waals surface area contributed by atoms with Gasteiger partial charge in [0.1, 0.15) is 0 Å². The Balaban J connectivity index is 1.45. The Kier molecular flexibility index (Phi) is 3.37. The normalized spacial score (nSPS) is 12.2. The minimum absolute atomic E-state index is 1.29. The summed E-state index contributed by atoms with van der Waals surface area (Å²) in [6.45, 7) is 0. The van der Waals surface area contributed by atoms with Crippen molar-refractivity contribution in [3.05, 3.63) is 109 Å². The molecular formula is C32H18S. The molecule has 0 nitrogen and oxygen atoms in total. The molecule has 0 spiro atoms. The van der Waals surface area contributed by atoms with E-state index in [0.29, 0.717) is 0 Å². The van der Waals surface area contributed by atoms with Crippen LogP contribution in [0, 0.1) is 0 Å². The summed E-state index contributed by atoms with van der Waals surface area (Å²) in [5.41, 5.74) is 2.62. The fourth-order valence-electron chi connectivity index (χ4n) is 5.62. The van der Waals surface area contributed by atoms with Crippen molar-refractivity contribution in [3.63, 3.8) is 0 Å². The summed E-state index contributed by atoms with van der Waals surface area (Å²) in [6, 6.07) is 40.6. The van der Waals surface area contributed by atoms with Crippen LogP contribution in [0.5, 0.6) is 0 Å². The fraction of sp³-hybridized carbons (Fsp3) is 0. The van der Waals surface area contributed by atoms with Crippen LogP contribution in [0.1, 0.15) is 0 Å². The van der Waals surface area contributed by atoms with Gasteiger partial charge in [0.05, 0.1) is 0 Å². The molecule has 0 N–H and O–H groups in total. The van der Waals surface area contributed by atoms with E-state index in [4.69, 9.17) is 0 Å². The first kappa shape index (κ1) is 17.6. The van der Waals surface area contributed by atoms with Gasteiger partial charge in [-0.05, 0) is 78.5 Å². The standard InChI is InChI=1S/C32H18S/c1-2-6-22-18-29-28(17-21(22)5-1)27-10-4-9-26(32(27)33-29)25-15-23-13-11-19-7-3-8-20-12-14-24(16-25)31(23)30(19)20/h1-18H. The second kappa shape index (κ2) is 6.31. The van der Waals surface area contributed by atoms with Crippen molar-refractivity contribution in [2.45, 2.75) is 0 Å². The third kappa shape index (κ3) is 2.40. The molecule has 0 atom stereocenters.